The molecule has 3 nitrogen and oxygen atoms in total. The van der Waals surface area contributed by atoms with Crippen molar-refractivity contribution in [3.8, 4) is 5.75 Å². The van der Waals surface area contributed by atoms with Crippen LogP contribution in [0.1, 0.15) is 16.7 Å². The van der Waals surface area contributed by atoms with Crippen LogP contribution in [0.4, 0.5) is 4.39 Å². The number of halogens is 2. The molecule has 114 valence electrons. The van der Waals surface area contributed by atoms with E-state index in [0.717, 1.165) is 33.3 Å². The zero-order chi connectivity index (χ0) is 15.5. The number of carbonyl (C=O) groups excluding carboxylic acids is 1. The summed E-state index contributed by atoms with van der Waals surface area (Å²) in [5.41, 5.74) is 2.83. The minimum absolute atomic E-state index is 0.0879. The maximum absolute atomic E-state index is 13.2. The average Bonchev–Trinajstić information content (AvgIpc) is 2.96. The molecule has 5 heteroatoms. The van der Waals surface area contributed by atoms with Gasteiger partial charge in [0.05, 0.1) is 13.0 Å². The van der Waals surface area contributed by atoms with Crippen LogP contribution in [0.25, 0.3) is 0 Å². The van der Waals surface area contributed by atoms with E-state index >= 15 is 0 Å². The molecule has 0 radical (unpaired) electrons. The average molecular weight is 364 g/mol. The lowest BCUT2D eigenvalue weighted by Crippen LogP contribution is -2.24. The van der Waals surface area contributed by atoms with Gasteiger partial charge in [-0.2, -0.15) is 0 Å². The number of rotatable bonds is 4. The van der Waals surface area contributed by atoms with Crippen molar-refractivity contribution in [1.82, 2.24) is 5.32 Å². The summed E-state index contributed by atoms with van der Waals surface area (Å²) < 4.78 is 19.4. The Morgan fingerprint density at radius 1 is 1.27 bits per heavy atom. The molecule has 0 unspecified atom stereocenters. The maximum Gasteiger partial charge on any atom is 0.224 e. The Bertz CT molecular complexity index is 718. The first kappa shape index (κ1) is 15.0. The molecule has 0 saturated heterocycles. The van der Waals surface area contributed by atoms with Gasteiger partial charge in [0, 0.05) is 17.4 Å². The second-order valence-electron chi connectivity index (χ2n) is 5.23. The van der Waals surface area contributed by atoms with E-state index in [1.54, 1.807) is 6.07 Å². The number of carbonyl (C=O) groups is 1. The lowest BCUT2D eigenvalue weighted by atomic mass is 10.1. The van der Waals surface area contributed by atoms with Gasteiger partial charge < -0.3 is 10.1 Å². The minimum Gasteiger partial charge on any atom is -0.493 e. The molecule has 0 atom stereocenters. The van der Waals surface area contributed by atoms with Gasteiger partial charge in [0.1, 0.15) is 11.6 Å². The molecule has 1 aliphatic rings. The Hall–Kier alpha value is -1.88. The largest absolute Gasteiger partial charge is 0.493 e. The zero-order valence-corrected chi connectivity index (χ0v) is 13.5. The predicted octanol–water partition coefficient (Wildman–Crippen LogP) is 3.38. The fraction of sp³-hybridized carbons (Fsp3) is 0.235. The zero-order valence-electron chi connectivity index (χ0n) is 11.9. The Morgan fingerprint density at radius 3 is 3.00 bits per heavy atom. The standard InChI is InChI=1S/C17H15BrFNO2/c18-15-3-2-14(19)9-13(15)10-20-17(21)8-11-1-4-16-12(7-11)5-6-22-16/h1-4,7,9H,5-6,8,10H2,(H,20,21). The highest BCUT2D eigenvalue weighted by Gasteiger charge is 2.13. The van der Waals surface area contributed by atoms with E-state index in [-0.39, 0.29) is 11.7 Å². The van der Waals surface area contributed by atoms with Gasteiger partial charge in [-0.25, -0.2) is 4.39 Å². The third-order valence-electron chi connectivity index (χ3n) is 3.60. The van der Waals surface area contributed by atoms with Gasteiger partial charge in [-0.3, -0.25) is 4.79 Å². The van der Waals surface area contributed by atoms with Gasteiger partial charge >= 0.3 is 0 Å². The van der Waals surface area contributed by atoms with E-state index in [9.17, 15) is 9.18 Å². The van der Waals surface area contributed by atoms with E-state index in [0.29, 0.717) is 19.6 Å². The van der Waals surface area contributed by atoms with Crippen molar-refractivity contribution >= 4 is 21.8 Å². The van der Waals surface area contributed by atoms with Gasteiger partial charge in [-0.1, -0.05) is 28.1 Å². The lowest BCUT2D eigenvalue weighted by Gasteiger charge is -2.08. The van der Waals surface area contributed by atoms with Crippen LogP contribution in [0.3, 0.4) is 0 Å². The highest BCUT2D eigenvalue weighted by atomic mass is 79.9. The van der Waals surface area contributed by atoms with Crippen molar-refractivity contribution in [2.24, 2.45) is 0 Å². The van der Waals surface area contributed by atoms with Crippen LogP contribution in [0, 0.1) is 5.82 Å². The molecular weight excluding hydrogens is 349 g/mol. The van der Waals surface area contributed by atoms with Crippen LogP contribution < -0.4 is 10.1 Å². The van der Waals surface area contributed by atoms with E-state index in [1.165, 1.54) is 12.1 Å². The van der Waals surface area contributed by atoms with Crippen molar-refractivity contribution in [3.05, 3.63) is 63.4 Å². The Kier molecular flexibility index (Phi) is 4.43. The molecule has 1 amide bonds. The first-order chi connectivity index (χ1) is 10.6. The van der Waals surface area contributed by atoms with Crippen LogP contribution in [0.2, 0.25) is 0 Å². The number of fused-ring (bicyclic) bond motifs is 1. The molecule has 22 heavy (non-hydrogen) atoms. The third kappa shape index (κ3) is 3.47. The van der Waals surface area contributed by atoms with Crippen LogP contribution in [0.15, 0.2) is 40.9 Å². The minimum atomic E-state index is -0.314. The van der Waals surface area contributed by atoms with Crippen LogP contribution in [-0.2, 0) is 24.2 Å². The summed E-state index contributed by atoms with van der Waals surface area (Å²) in [7, 11) is 0. The monoisotopic (exact) mass is 363 g/mol. The van der Waals surface area contributed by atoms with Crippen molar-refractivity contribution in [2.45, 2.75) is 19.4 Å². The Balaban J connectivity index is 1.59. The summed E-state index contributed by atoms with van der Waals surface area (Å²) in [5.74, 6) is 0.508. The van der Waals surface area contributed by atoms with Crippen LogP contribution >= 0.6 is 15.9 Å². The van der Waals surface area contributed by atoms with Gasteiger partial charge in [-0.05, 0) is 41.0 Å². The van der Waals surface area contributed by atoms with Crippen LogP contribution in [-0.4, -0.2) is 12.5 Å². The molecule has 0 saturated carbocycles. The first-order valence-corrected chi connectivity index (χ1v) is 7.86. The van der Waals surface area contributed by atoms with Gasteiger partial charge in [0.2, 0.25) is 5.91 Å². The molecule has 0 aliphatic carbocycles. The smallest absolute Gasteiger partial charge is 0.224 e. The summed E-state index contributed by atoms with van der Waals surface area (Å²) in [6, 6.07) is 10.3. The van der Waals surface area contributed by atoms with E-state index in [1.807, 2.05) is 18.2 Å². The molecule has 0 fully saturated rings. The first-order valence-electron chi connectivity index (χ1n) is 7.07. The number of nitrogens with one attached hydrogen (secondary N) is 1. The molecule has 1 aliphatic heterocycles. The summed E-state index contributed by atoms with van der Waals surface area (Å²) in [6.45, 7) is 1.00. The molecule has 0 spiro atoms. The van der Waals surface area contributed by atoms with Crippen molar-refractivity contribution in [1.29, 1.82) is 0 Å². The van der Waals surface area contributed by atoms with Crippen molar-refractivity contribution in [2.75, 3.05) is 6.61 Å². The highest BCUT2D eigenvalue weighted by Crippen LogP contribution is 2.26. The number of benzene rings is 2. The molecular formula is C17H15BrFNO2. The predicted molar refractivity (Wildman–Crippen MR) is 85.3 cm³/mol. The summed E-state index contributed by atoms with van der Waals surface area (Å²) in [6.07, 6.45) is 1.20. The van der Waals surface area contributed by atoms with Gasteiger partial charge in [-0.15, -0.1) is 0 Å². The molecule has 1 N–H and O–H groups in total. The van der Waals surface area contributed by atoms with Gasteiger partial charge in [0.15, 0.2) is 0 Å². The molecule has 3 rings (SSSR count). The topological polar surface area (TPSA) is 38.3 Å². The van der Waals surface area contributed by atoms with Crippen molar-refractivity contribution < 1.29 is 13.9 Å². The Morgan fingerprint density at radius 2 is 2.14 bits per heavy atom. The lowest BCUT2D eigenvalue weighted by molar-refractivity contribution is -0.120. The molecule has 1 heterocycles. The summed E-state index contributed by atoms with van der Waals surface area (Å²) in [4.78, 5) is 12.0. The SMILES string of the molecule is O=C(Cc1ccc2c(c1)CCO2)NCc1cc(F)ccc1Br. The summed E-state index contributed by atoms with van der Waals surface area (Å²) in [5, 5.41) is 2.82. The van der Waals surface area contributed by atoms with E-state index in [2.05, 4.69) is 21.2 Å². The fourth-order valence-corrected chi connectivity index (χ4v) is 2.86. The molecule has 2 aromatic carbocycles. The number of amides is 1. The number of hydrogen-bond acceptors (Lipinski definition) is 2. The normalized spacial score (nSPS) is 12.6. The summed E-state index contributed by atoms with van der Waals surface area (Å²) >= 11 is 3.35. The molecule has 0 bridgehead atoms. The maximum atomic E-state index is 13.2. The number of ether oxygens (including phenoxy) is 1. The van der Waals surface area contributed by atoms with E-state index < -0.39 is 0 Å². The quantitative estimate of drug-likeness (QED) is 0.904. The fourth-order valence-electron chi connectivity index (χ4n) is 2.47. The second kappa shape index (κ2) is 6.48. The Labute approximate surface area is 136 Å². The van der Waals surface area contributed by atoms with Crippen LogP contribution in [0.5, 0.6) is 5.75 Å². The number of hydrogen-bond donors (Lipinski definition) is 1. The molecule has 2 aromatic rings. The van der Waals surface area contributed by atoms with E-state index in [4.69, 9.17) is 4.74 Å². The molecule has 0 aromatic heterocycles. The third-order valence-corrected chi connectivity index (χ3v) is 4.38. The second-order valence-corrected chi connectivity index (χ2v) is 6.08. The van der Waals surface area contributed by atoms with Crippen molar-refractivity contribution in [3.63, 3.8) is 0 Å². The highest BCUT2D eigenvalue weighted by molar-refractivity contribution is 9.10. The van der Waals surface area contributed by atoms with Gasteiger partial charge in [0.25, 0.3) is 0 Å².